The van der Waals surface area contributed by atoms with Gasteiger partial charge in [-0.2, -0.15) is 0 Å². The summed E-state index contributed by atoms with van der Waals surface area (Å²) in [6.45, 7) is 4.84. The molecule has 4 rings (SSSR count). The number of nitro benzene ring substituents is 1. The molecule has 3 aromatic rings. The number of nitrogens with one attached hydrogen (secondary N) is 1. The summed E-state index contributed by atoms with van der Waals surface area (Å²) in [4.78, 5) is 33.4. The number of piperazine rings is 1. The van der Waals surface area contributed by atoms with E-state index in [-0.39, 0.29) is 22.6 Å². The van der Waals surface area contributed by atoms with E-state index >= 15 is 0 Å². The number of hydrogen-bond acceptors (Lipinski definition) is 7. The van der Waals surface area contributed by atoms with Crippen molar-refractivity contribution < 1.29 is 9.72 Å². The number of benzene rings is 2. The summed E-state index contributed by atoms with van der Waals surface area (Å²) in [7, 11) is 0. The highest BCUT2D eigenvalue weighted by atomic mass is 32.2. The highest BCUT2D eigenvalue weighted by Gasteiger charge is 2.27. The van der Waals surface area contributed by atoms with E-state index in [1.54, 1.807) is 30.2 Å². The van der Waals surface area contributed by atoms with Gasteiger partial charge in [-0.25, -0.2) is 0 Å². The van der Waals surface area contributed by atoms with Crippen molar-refractivity contribution in [1.29, 1.82) is 0 Å². The summed E-state index contributed by atoms with van der Waals surface area (Å²) in [5, 5.41) is 15.8. The molecular weight excluding hydrogens is 426 g/mol. The lowest BCUT2D eigenvalue weighted by atomic mass is 10.1. The van der Waals surface area contributed by atoms with Gasteiger partial charge >= 0.3 is 0 Å². The van der Waals surface area contributed by atoms with E-state index < -0.39 is 0 Å². The molecule has 1 amide bonds. The predicted molar refractivity (Wildman–Crippen MR) is 128 cm³/mol. The van der Waals surface area contributed by atoms with Crippen LogP contribution in [0.5, 0.6) is 0 Å². The number of rotatable bonds is 6. The fourth-order valence-corrected chi connectivity index (χ4v) is 4.65. The van der Waals surface area contributed by atoms with E-state index in [9.17, 15) is 14.9 Å². The quantitative estimate of drug-likeness (QED) is 0.344. The number of carbonyl (C=O) groups excluding carboxylic acids is 1. The zero-order chi connectivity index (χ0) is 22.7. The maximum atomic E-state index is 12.9. The number of amides is 1. The van der Waals surface area contributed by atoms with Gasteiger partial charge in [0.05, 0.1) is 22.0 Å². The number of aromatic nitrogens is 1. The topological polar surface area (TPSA) is 91.6 Å². The van der Waals surface area contributed by atoms with E-state index in [1.165, 1.54) is 0 Å². The van der Waals surface area contributed by atoms with Crippen LogP contribution in [0.4, 0.5) is 17.1 Å². The van der Waals surface area contributed by atoms with Crippen LogP contribution in [0.25, 0.3) is 10.8 Å². The molecule has 9 heteroatoms. The minimum absolute atomic E-state index is 0.0215. The van der Waals surface area contributed by atoms with Gasteiger partial charge in [0.25, 0.3) is 5.69 Å². The number of nitro groups is 1. The molecule has 1 saturated heterocycles. The second-order valence-electron chi connectivity index (χ2n) is 7.67. The third-order valence-electron chi connectivity index (χ3n) is 5.92. The lowest BCUT2D eigenvalue weighted by Crippen LogP contribution is -2.52. The number of anilines is 2. The van der Waals surface area contributed by atoms with E-state index in [2.05, 4.69) is 20.1 Å². The molecule has 0 aliphatic carbocycles. The van der Waals surface area contributed by atoms with Gasteiger partial charge < -0.3 is 10.2 Å². The van der Waals surface area contributed by atoms with Gasteiger partial charge in [-0.3, -0.25) is 24.8 Å². The molecule has 2 aromatic carbocycles. The Bertz CT molecular complexity index is 1150. The van der Waals surface area contributed by atoms with Crippen LogP contribution in [-0.4, -0.2) is 59.2 Å². The number of fused-ring (bicyclic) bond motifs is 1. The monoisotopic (exact) mass is 451 g/mol. The molecule has 0 spiro atoms. The Hall–Kier alpha value is -3.17. The highest BCUT2D eigenvalue weighted by Crippen LogP contribution is 2.33. The average molecular weight is 452 g/mol. The van der Waals surface area contributed by atoms with E-state index in [4.69, 9.17) is 0 Å². The van der Waals surface area contributed by atoms with Crippen molar-refractivity contribution in [2.45, 2.75) is 17.9 Å². The van der Waals surface area contributed by atoms with Crippen LogP contribution in [0.3, 0.4) is 0 Å². The fourth-order valence-electron chi connectivity index (χ4n) is 4.10. The lowest BCUT2D eigenvalue weighted by molar-refractivity contribution is -0.383. The molecule has 2 heterocycles. The van der Waals surface area contributed by atoms with E-state index in [0.717, 1.165) is 47.8 Å². The van der Waals surface area contributed by atoms with Crippen LogP contribution in [0, 0.1) is 10.1 Å². The SMILES string of the molecule is CSc1ccccc1NC(=O)[C@@H](C)N1CCN(c2ccc([N+](=O)[O-])c3cnccc23)CC1. The van der Waals surface area contributed by atoms with Crippen molar-refractivity contribution in [2.24, 2.45) is 0 Å². The van der Waals surface area contributed by atoms with Crippen LogP contribution in [0.15, 0.2) is 59.8 Å². The number of nitrogens with zero attached hydrogens (tertiary/aromatic N) is 4. The molecule has 1 atom stereocenters. The molecule has 1 aromatic heterocycles. The average Bonchev–Trinajstić information content (AvgIpc) is 2.83. The molecule has 1 aliphatic heterocycles. The number of thioether (sulfide) groups is 1. The van der Waals surface area contributed by atoms with E-state index in [1.807, 2.05) is 49.6 Å². The first-order chi connectivity index (χ1) is 15.5. The molecule has 1 N–H and O–H groups in total. The molecule has 0 radical (unpaired) electrons. The van der Waals surface area contributed by atoms with Crippen molar-refractivity contribution >= 4 is 45.5 Å². The van der Waals surface area contributed by atoms with Crippen LogP contribution >= 0.6 is 11.8 Å². The molecule has 0 saturated carbocycles. The first-order valence-corrected chi connectivity index (χ1v) is 11.7. The van der Waals surface area contributed by atoms with Crippen LogP contribution < -0.4 is 10.2 Å². The Morgan fingerprint density at radius 2 is 1.88 bits per heavy atom. The Morgan fingerprint density at radius 3 is 2.59 bits per heavy atom. The third-order valence-corrected chi connectivity index (χ3v) is 6.71. The van der Waals surface area contributed by atoms with Gasteiger partial charge in [0, 0.05) is 60.6 Å². The van der Waals surface area contributed by atoms with Gasteiger partial charge in [0.2, 0.25) is 5.91 Å². The summed E-state index contributed by atoms with van der Waals surface area (Å²) in [6.07, 6.45) is 5.20. The number of non-ortho nitro benzene ring substituents is 1. The maximum Gasteiger partial charge on any atom is 0.278 e. The zero-order valence-corrected chi connectivity index (χ0v) is 18.8. The zero-order valence-electron chi connectivity index (χ0n) is 18.0. The van der Waals surface area contributed by atoms with Crippen molar-refractivity contribution in [3.63, 3.8) is 0 Å². The van der Waals surface area contributed by atoms with Crippen LogP contribution in [-0.2, 0) is 4.79 Å². The molecule has 8 nitrogen and oxygen atoms in total. The smallest absolute Gasteiger partial charge is 0.278 e. The first kappa shape index (κ1) is 22.0. The van der Waals surface area contributed by atoms with Gasteiger partial charge in [-0.1, -0.05) is 12.1 Å². The number of hydrogen-bond donors (Lipinski definition) is 1. The first-order valence-electron chi connectivity index (χ1n) is 10.4. The Morgan fingerprint density at radius 1 is 1.12 bits per heavy atom. The lowest BCUT2D eigenvalue weighted by Gasteiger charge is -2.39. The second kappa shape index (κ2) is 9.54. The Labute approximate surface area is 190 Å². The van der Waals surface area contributed by atoms with Crippen LogP contribution in [0.1, 0.15) is 6.92 Å². The van der Waals surface area contributed by atoms with Crippen molar-refractivity contribution in [3.05, 3.63) is 65.0 Å². The number of carbonyl (C=O) groups is 1. The van der Waals surface area contributed by atoms with Gasteiger partial charge in [0.1, 0.15) is 0 Å². The fraction of sp³-hybridized carbons (Fsp3) is 0.304. The number of pyridine rings is 1. The molecule has 0 unspecified atom stereocenters. The molecule has 166 valence electrons. The summed E-state index contributed by atoms with van der Waals surface area (Å²) < 4.78 is 0. The van der Waals surface area contributed by atoms with E-state index in [0.29, 0.717) is 5.39 Å². The van der Waals surface area contributed by atoms with Crippen molar-refractivity contribution in [3.8, 4) is 0 Å². The summed E-state index contributed by atoms with van der Waals surface area (Å²) >= 11 is 1.60. The Kier molecular flexibility index (Phi) is 6.57. The molecule has 1 fully saturated rings. The summed E-state index contributed by atoms with van der Waals surface area (Å²) in [6, 6.07) is 12.7. The largest absolute Gasteiger partial charge is 0.368 e. The van der Waals surface area contributed by atoms with Crippen molar-refractivity contribution in [1.82, 2.24) is 9.88 Å². The standard InChI is InChI=1S/C23H25N5O3S/c1-16(23(29)25-19-5-3-4-6-22(19)32-2)26-11-13-27(14-12-26)20-7-8-21(28(30)31)18-15-24-10-9-17(18)20/h3-10,15-16H,11-14H2,1-2H3,(H,25,29)/t16-/m1/s1. The predicted octanol–water partition coefficient (Wildman–Crippen LogP) is 4.01. The molecule has 32 heavy (non-hydrogen) atoms. The van der Waals surface area contributed by atoms with Crippen LogP contribution in [0.2, 0.25) is 0 Å². The Balaban J connectivity index is 1.45. The third kappa shape index (κ3) is 4.39. The maximum absolute atomic E-state index is 12.9. The van der Waals surface area contributed by atoms with Crippen molar-refractivity contribution in [2.75, 3.05) is 42.7 Å². The highest BCUT2D eigenvalue weighted by molar-refractivity contribution is 7.98. The normalized spacial score (nSPS) is 15.5. The molecule has 0 bridgehead atoms. The minimum Gasteiger partial charge on any atom is -0.368 e. The molecular formula is C23H25N5O3S. The number of para-hydroxylation sites is 1. The molecule has 1 aliphatic rings. The summed E-state index contributed by atoms with van der Waals surface area (Å²) in [5.41, 5.74) is 1.85. The second-order valence-corrected chi connectivity index (χ2v) is 8.52. The minimum atomic E-state index is -0.374. The van der Waals surface area contributed by atoms with Gasteiger partial charge in [-0.05, 0) is 37.4 Å². The van der Waals surface area contributed by atoms with Gasteiger partial charge in [0.15, 0.2) is 0 Å². The van der Waals surface area contributed by atoms with Gasteiger partial charge in [-0.15, -0.1) is 11.8 Å². The summed E-state index contributed by atoms with van der Waals surface area (Å²) in [5.74, 6) is -0.0215.